The molecule has 0 radical (unpaired) electrons. The first-order valence-electron chi connectivity index (χ1n) is 11.1. The molecule has 1 aliphatic heterocycles. The number of amides is 1. The van der Waals surface area contributed by atoms with E-state index >= 15 is 0 Å². The normalized spacial score (nSPS) is 20.2. The topological polar surface area (TPSA) is 58.1 Å². The van der Waals surface area contributed by atoms with Gasteiger partial charge in [-0.15, -0.1) is 6.42 Å². The van der Waals surface area contributed by atoms with E-state index in [4.69, 9.17) is 29.6 Å². The van der Waals surface area contributed by atoms with Crippen LogP contribution in [-0.2, 0) is 0 Å². The van der Waals surface area contributed by atoms with Crippen LogP contribution >= 0.6 is 23.2 Å². The number of nitrogens with zero attached hydrogens (tertiary/aromatic N) is 3. The molecule has 2 aromatic heterocycles. The number of pyridine rings is 2. The first kappa shape index (κ1) is 24.4. The lowest BCUT2D eigenvalue weighted by atomic mass is 10.00. The molecule has 3 aromatic rings. The Morgan fingerprint density at radius 3 is 2.50 bits per heavy atom. The van der Waals surface area contributed by atoms with E-state index in [1.165, 1.54) is 30.7 Å². The Hall–Kier alpha value is -3.28. The van der Waals surface area contributed by atoms with Gasteiger partial charge in [0.1, 0.15) is 11.6 Å². The predicted octanol–water partition coefficient (Wildman–Crippen LogP) is 6.30. The Kier molecular flexibility index (Phi) is 6.31. The second-order valence-electron chi connectivity index (χ2n) is 9.05. The number of hydrogen-bond donors (Lipinski definition) is 1. The third-order valence-electron chi connectivity index (χ3n) is 6.65. The van der Waals surface area contributed by atoms with E-state index in [1.807, 2.05) is 4.90 Å². The van der Waals surface area contributed by atoms with Crippen molar-refractivity contribution in [1.82, 2.24) is 9.97 Å². The molecule has 3 heterocycles. The summed E-state index contributed by atoms with van der Waals surface area (Å²) in [6, 6.07) is 5.46. The summed E-state index contributed by atoms with van der Waals surface area (Å²) in [5.74, 6) is -1.20. The van der Waals surface area contributed by atoms with Gasteiger partial charge in [0.2, 0.25) is 5.92 Å². The minimum atomic E-state index is -2.60. The maximum Gasteiger partial charge on any atom is 0.257 e. The van der Waals surface area contributed by atoms with Crippen molar-refractivity contribution in [3.05, 3.63) is 69.8 Å². The van der Waals surface area contributed by atoms with E-state index in [0.29, 0.717) is 30.0 Å². The molecule has 1 aliphatic carbocycles. The number of hydrogen-bond acceptors (Lipinski definition) is 4. The highest BCUT2D eigenvalue weighted by Gasteiger charge is 2.50. The van der Waals surface area contributed by atoms with Crippen LogP contribution in [0.2, 0.25) is 10.0 Å². The molecule has 1 aromatic carbocycles. The van der Waals surface area contributed by atoms with Crippen LogP contribution in [0.25, 0.3) is 11.1 Å². The summed E-state index contributed by atoms with van der Waals surface area (Å²) in [6.07, 6.45) is 9.56. The zero-order valence-electron chi connectivity index (χ0n) is 18.7. The minimum absolute atomic E-state index is 0.0276. The van der Waals surface area contributed by atoms with Crippen molar-refractivity contribution in [3.8, 4) is 23.5 Å². The minimum Gasteiger partial charge on any atom is -0.355 e. The summed E-state index contributed by atoms with van der Waals surface area (Å²) in [4.78, 5) is 23.0. The maximum absolute atomic E-state index is 15.0. The Morgan fingerprint density at radius 1 is 1.11 bits per heavy atom. The first-order valence-corrected chi connectivity index (χ1v) is 11.9. The third-order valence-corrected chi connectivity index (χ3v) is 7.24. The van der Waals surface area contributed by atoms with Crippen LogP contribution in [0.15, 0.2) is 42.9 Å². The van der Waals surface area contributed by atoms with Crippen molar-refractivity contribution in [3.63, 3.8) is 0 Å². The SMILES string of the molecule is C#Cc1cnccc1-c1cc(Cl)c(C(=O)Nc2cnc(N3C[C@@H]4CC(F)(F)C[C@@H]4C3)c(Cl)c2)cc1F. The average molecular weight is 531 g/mol. The number of halogens is 5. The number of rotatable bonds is 4. The number of nitrogens with one attached hydrogen (secondary N) is 1. The number of fused-ring (bicyclic) bond motifs is 1. The monoisotopic (exact) mass is 530 g/mol. The van der Waals surface area contributed by atoms with Crippen LogP contribution in [0, 0.1) is 30.0 Å². The fourth-order valence-corrected chi connectivity index (χ4v) is 5.56. The highest BCUT2D eigenvalue weighted by Crippen LogP contribution is 2.48. The molecule has 184 valence electrons. The molecule has 1 amide bonds. The predicted molar refractivity (Wildman–Crippen MR) is 133 cm³/mol. The number of aromatic nitrogens is 2. The molecule has 10 heteroatoms. The van der Waals surface area contributed by atoms with E-state index in [2.05, 4.69) is 21.2 Å². The van der Waals surface area contributed by atoms with Crippen molar-refractivity contribution in [2.45, 2.75) is 18.8 Å². The van der Waals surface area contributed by atoms with Crippen LogP contribution in [0.3, 0.4) is 0 Å². The van der Waals surface area contributed by atoms with Crippen LogP contribution in [0.1, 0.15) is 28.8 Å². The number of anilines is 2. The van der Waals surface area contributed by atoms with E-state index in [0.717, 1.165) is 6.07 Å². The molecule has 1 saturated carbocycles. The highest BCUT2D eigenvalue weighted by atomic mass is 35.5. The summed E-state index contributed by atoms with van der Waals surface area (Å²) in [5, 5.41) is 2.92. The zero-order valence-corrected chi connectivity index (χ0v) is 20.3. The summed E-state index contributed by atoms with van der Waals surface area (Å²) in [7, 11) is 0. The molecule has 0 spiro atoms. The van der Waals surface area contributed by atoms with Gasteiger partial charge in [-0.25, -0.2) is 18.2 Å². The quantitative estimate of drug-likeness (QED) is 0.402. The molecule has 1 N–H and O–H groups in total. The molecule has 5 nitrogen and oxygen atoms in total. The Balaban J connectivity index is 1.32. The van der Waals surface area contributed by atoms with Gasteiger partial charge in [-0.2, -0.15) is 0 Å². The van der Waals surface area contributed by atoms with Gasteiger partial charge in [0.25, 0.3) is 5.91 Å². The molecule has 0 unspecified atom stereocenters. The largest absolute Gasteiger partial charge is 0.355 e. The second kappa shape index (κ2) is 9.30. The van der Waals surface area contributed by atoms with Gasteiger partial charge in [-0.05, 0) is 36.1 Å². The zero-order chi connectivity index (χ0) is 25.6. The van der Waals surface area contributed by atoms with Gasteiger partial charge in [-0.1, -0.05) is 29.1 Å². The van der Waals surface area contributed by atoms with Crippen LogP contribution < -0.4 is 10.2 Å². The van der Waals surface area contributed by atoms with Gasteiger partial charge in [0.05, 0.1) is 33.1 Å². The molecule has 0 bridgehead atoms. The molecule has 5 rings (SSSR count). The van der Waals surface area contributed by atoms with Gasteiger partial charge in [0.15, 0.2) is 0 Å². The average Bonchev–Trinajstić information content (AvgIpc) is 3.33. The molecule has 2 aliphatic rings. The van der Waals surface area contributed by atoms with Crippen LogP contribution in [-0.4, -0.2) is 34.9 Å². The van der Waals surface area contributed by atoms with E-state index in [-0.39, 0.29) is 51.5 Å². The summed E-state index contributed by atoms with van der Waals surface area (Å²) in [5.41, 5.74) is 1.17. The van der Waals surface area contributed by atoms with Crippen molar-refractivity contribution < 1.29 is 18.0 Å². The number of alkyl halides is 2. The van der Waals surface area contributed by atoms with Crippen molar-refractivity contribution >= 4 is 40.6 Å². The smallest absolute Gasteiger partial charge is 0.257 e. The van der Waals surface area contributed by atoms with Gasteiger partial charge in [0, 0.05) is 49.5 Å². The summed E-state index contributed by atoms with van der Waals surface area (Å²) >= 11 is 12.7. The molecule has 2 fully saturated rings. The second-order valence-corrected chi connectivity index (χ2v) is 9.86. The fourth-order valence-electron chi connectivity index (χ4n) is 5.03. The Labute approximate surface area is 215 Å². The number of benzene rings is 1. The van der Waals surface area contributed by atoms with E-state index in [1.54, 1.807) is 6.07 Å². The Bertz CT molecular complexity index is 1390. The summed E-state index contributed by atoms with van der Waals surface area (Å²) < 4.78 is 42.2. The van der Waals surface area contributed by atoms with Crippen LogP contribution in [0.5, 0.6) is 0 Å². The lowest BCUT2D eigenvalue weighted by Crippen LogP contribution is -2.25. The van der Waals surface area contributed by atoms with Crippen molar-refractivity contribution in [1.29, 1.82) is 0 Å². The van der Waals surface area contributed by atoms with Crippen LogP contribution in [0.4, 0.5) is 24.7 Å². The molecule has 2 atom stereocenters. The van der Waals surface area contributed by atoms with Crippen molar-refractivity contribution in [2.75, 3.05) is 23.3 Å². The fraction of sp³-hybridized carbons (Fsp3) is 0.269. The standard InChI is InChI=1S/C26H19Cl2F3N4O/c1-2-14-10-32-4-3-18(14)19-6-21(27)20(7-23(19)29)25(36)34-17-5-22(28)24(33-11-17)35-12-15-8-26(30,31)9-16(15)13-35/h1,3-7,10-11,15-16H,8-9,12-13H2,(H,34,36)/t15-,16+. The summed E-state index contributed by atoms with van der Waals surface area (Å²) in [6.45, 7) is 0.914. The lowest BCUT2D eigenvalue weighted by Gasteiger charge is -2.21. The molecular formula is C26H19Cl2F3N4O. The number of terminal acetylenes is 1. The van der Waals surface area contributed by atoms with E-state index < -0.39 is 17.6 Å². The van der Waals surface area contributed by atoms with Gasteiger partial charge in [-0.3, -0.25) is 9.78 Å². The van der Waals surface area contributed by atoms with Crippen molar-refractivity contribution in [2.24, 2.45) is 11.8 Å². The van der Waals surface area contributed by atoms with Gasteiger partial charge >= 0.3 is 0 Å². The molecular weight excluding hydrogens is 512 g/mol. The first-order chi connectivity index (χ1) is 17.1. The van der Waals surface area contributed by atoms with Gasteiger partial charge < -0.3 is 10.2 Å². The van der Waals surface area contributed by atoms with E-state index in [9.17, 15) is 18.0 Å². The maximum atomic E-state index is 15.0. The lowest BCUT2D eigenvalue weighted by molar-refractivity contribution is 0.00172. The number of carbonyl (C=O) groups is 1. The molecule has 1 saturated heterocycles. The molecule has 36 heavy (non-hydrogen) atoms. The third kappa shape index (κ3) is 4.61. The Morgan fingerprint density at radius 2 is 1.83 bits per heavy atom. The number of carbonyl (C=O) groups excluding carboxylic acids is 1. The highest BCUT2D eigenvalue weighted by molar-refractivity contribution is 6.35.